The Morgan fingerprint density at radius 3 is 2.51 bits per heavy atom. The Morgan fingerprint density at radius 1 is 1.22 bits per heavy atom. The molecule has 223 valence electrons. The molecule has 3 heterocycles. The topological polar surface area (TPSA) is 147 Å². The molecule has 12 nitrogen and oxygen atoms in total. The summed E-state index contributed by atoms with van der Waals surface area (Å²) < 4.78 is 20.1. The molecular weight excluding hydrogens is 544 g/mol. The number of anilines is 1. The van der Waals surface area contributed by atoms with Crippen molar-refractivity contribution in [3.05, 3.63) is 46.5 Å². The van der Waals surface area contributed by atoms with Crippen molar-refractivity contribution in [3.8, 4) is 5.75 Å². The lowest BCUT2D eigenvalue weighted by Crippen LogP contribution is -2.52. The number of hydrogen-bond donors (Lipinski definition) is 2. The zero-order chi connectivity index (χ0) is 30.4. The number of methoxy groups -OCH3 is 1. The van der Waals surface area contributed by atoms with Gasteiger partial charge in [-0.3, -0.25) is 14.7 Å². The number of nitro benzene ring substituents is 1. The van der Waals surface area contributed by atoms with Crippen molar-refractivity contribution >= 4 is 31.5 Å². The maximum atomic E-state index is 12.2. The molecule has 1 radical (unpaired) electrons. The molecule has 1 saturated heterocycles. The molecule has 1 aromatic carbocycles. The fourth-order valence-corrected chi connectivity index (χ4v) is 6.82. The Balaban J connectivity index is 1.72. The number of nitro groups is 1. The quantitative estimate of drug-likeness (QED) is 0.206. The van der Waals surface area contributed by atoms with Gasteiger partial charge in [-0.15, -0.1) is 0 Å². The largest absolute Gasteiger partial charge is 0.497 e. The van der Waals surface area contributed by atoms with Crippen LogP contribution in [0.3, 0.4) is 0 Å². The van der Waals surface area contributed by atoms with Crippen molar-refractivity contribution in [3.63, 3.8) is 0 Å². The lowest BCUT2D eigenvalue weighted by molar-refractivity contribution is -0.385. The third kappa shape index (κ3) is 5.81. The maximum Gasteiger partial charge on any atom is 0.278 e. The van der Waals surface area contributed by atoms with Gasteiger partial charge < -0.3 is 24.6 Å². The number of fused-ring (bicyclic) bond motifs is 1. The van der Waals surface area contributed by atoms with Crippen molar-refractivity contribution in [2.75, 3.05) is 19.0 Å². The van der Waals surface area contributed by atoms with Gasteiger partial charge in [-0.05, 0) is 38.3 Å². The number of aliphatic hydroxyl groups is 1. The second kappa shape index (κ2) is 10.9. The van der Waals surface area contributed by atoms with E-state index in [2.05, 4.69) is 33.4 Å². The minimum atomic E-state index is -1.27. The third-order valence-corrected chi connectivity index (χ3v) is 9.88. The number of rotatable bonds is 9. The number of benzene rings is 1. The molecule has 13 heteroatoms. The van der Waals surface area contributed by atoms with Crippen molar-refractivity contribution in [2.45, 2.75) is 90.3 Å². The fraction of sp³-hybridized carbons (Fsp3) is 0.607. The zero-order valence-corrected chi connectivity index (χ0v) is 26.3. The van der Waals surface area contributed by atoms with E-state index in [1.165, 1.54) is 19.5 Å². The number of hydrogen-bond acceptors (Lipinski definition) is 10. The zero-order valence-electron chi connectivity index (χ0n) is 25.3. The van der Waals surface area contributed by atoms with Gasteiger partial charge in [-0.2, -0.15) is 0 Å². The third-order valence-electron chi connectivity index (χ3n) is 7.78. The van der Waals surface area contributed by atoms with Gasteiger partial charge in [0.1, 0.15) is 37.9 Å². The van der Waals surface area contributed by atoms with Crippen LogP contribution in [0.1, 0.15) is 53.5 Å². The highest BCUT2D eigenvalue weighted by molar-refractivity contribution is 6.58. The van der Waals surface area contributed by atoms with Crippen LogP contribution in [0.5, 0.6) is 5.75 Å². The maximum absolute atomic E-state index is 12.2. The number of ether oxygens (including phenoxy) is 3. The Hall–Kier alpha value is -3.13. The van der Waals surface area contributed by atoms with Crippen molar-refractivity contribution < 1.29 is 24.2 Å². The minimum absolute atomic E-state index is 0.0554. The van der Waals surface area contributed by atoms with Gasteiger partial charge in [0.05, 0.1) is 36.6 Å². The summed E-state index contributed by atoms with van der Waals surface area (Å²) in [6, 6.07) is 4.72. The average Bonchev–Trinajstić information content (AvgIpc) is 3.46. The number of aromatic nitrogens is 4. The Morgan fingerprint density at radius 2 is 1.93 bits per heavy atom. The van der Waals surface area contributed by atoms with E-state index in [0.29, 0.717) is 34.7 Å². The van der Waals surface area contributed by atoms with E-state index in [1.807, 2.05) is 46.1 Å². The normalized spacial score (nSPS) is 23.3. The average molecular weight is 586 g/mol. The van der Waals surface area contributed by atoms with Crippen LogP contribution < -0.4 is 10.1 Å². The smallest absolute Gasteiger partial charge is 0.278 e. The molecule has 3 atom stereocenters. The van der Waals surface area contributed by atoms with Gasteiger partial charge in [0.25, 0.3) is 5.69 Å². The summed E-state index contributed by atoms with van der Waals surface area (Å²) in [5.41, 5.74) is -0.604. The summed E-state index contributed by atoms with van der Waals surface area (Å²) in [6.07, 6.45) is 2.89. The van der Waals surface area contributed by atoms with Gasteiger partial charge >= 0.3 is 0 Å². The van der Waals surface area contributed by atoms with Crippen LogP contribution in [0.2, 0.25) is 13.1 Å². The first-order valence-electron chi connectivity index (χ1n) is 13.6. The van der Waals surface area contributed by atoms with E-state index in [0.717, 1.165) is 0 Å². The second-order valence-corrected chi connectivity index (χ2v) is 15.6. The van der Waals surface area contributed by atoms with Crippen LogP contribution in [-0.4, -0.2) is 69.4 Å². The van der Waals surface area contributed by atoms with Crippen molar-refractivity contribution in [1.82, 2.24) is 19.5 Å². The van der Waals surface area contributed by atoms with Gasteiger partial charge in [-0.1, -0.05) is 33.9 Å². The Bertz CT molecular complexity index is 1420. The van der Waals surface area contributed by atoms with E-state index < -0.39 is 41.8 Å². The van der Waals surface area contributed by atoms with Gasteiger partial charge in [0.2, 0.25) is 0 Å². The molecule has 0 amide bonds. The van der Waals surface area contributed by atoms with Crippen LogP contribution in [-0.2, 0) is 21.4 Å². The van der Waals surface area contributed by atoms with E-state index in [9.17, 15) is 15.2 Å². The molecule has 1 fully saturated rings. The summed E-state index contributed by atoms with van der Waals surface area (Å²) in [5, 5.41) is 26.2. The van der Waals surface area contributed by atoms with Gasteiger partial charge in [0, 0.05) is 18.5 Å². The predicted octanol–water partition coefficient (Wildman–Crippen LogP) is 4.68. The van der Waals surface area contributed by atoms with Gasteiger partial charge in [-0.25, -0.2) is 15.0 Å². The Kier molecular flexibility index (Phi) is 8.22. The molecule has 3 aromatic rings. The molecule has 0 aliphatic carbocycles. The van der Waals surface area contributed by atoms with E-state index >= 15 is 0 Å². The standard InChI is InChI=1S/C28H41N6O6Si/c1-25(2,3)27(35)15-28(41(8)9,40-21(27)14-39-26(4,5)6)33-17-32-22-23(30-16-31-24(22)33)29-13-18-10-11-19(38-7)12-20(18)34(36)37/h10-12,16-17,21,35H,13-15H2,1-9H3,(H,29,30,31)/t21-,27+,28+/m1/s1. The molecule has 2 aromatic heterocycles. The van der Waals surface area contributed by atoms with Gasteiger partial charge in [0.15, 0.2) is 17.0 Å². The SMILES string of the molecule is COc1ccc(CNc2ncnc3c2ncn3[C@@]2([Si](C)C)C[C@@](O)(C(C)(C)C)[C@@H](COC(C)(C)C)O2)c([N+](=O)[O-])c1. The second-order valence-electron chi connectivity index (χ2n) is 12.8. The van der Waals surface area contributed by atoms with Crippen LogP contribution in [0, 0.1) is 15.5 Å². The number of nitrogens with zero attached hydrogens (tertiary/aromatic N) is 5. The first-order chi connectivity index (χ1) is 19.0. The molecule has 1 aliphatic heterocycles. The molecule has 0 saturated carbocycles. The molecule has 4 rings (SSSR count). The number of imidazole rings is 1. The van der Waals surface area contributed by atoms with Crippen LogP contribution >= 0.6 is 0 Å². The van der Waals surface area contributed by atoms with E-state index in [1.54, 1.807) is 18.5 Å². The lowest BCUT2D eigenvalue weighted by atomic mass is 9.72. The fourth-order valence-electron chi connectivity index (χ4n) is 5.17. The van der Waals surface area contributed by atoms with Crippen molar-refractivity contribution in [1.29, 1.82) is 0 Å². The van der Waals surface area contributed by atoms with E-state index in [-0.39, 0.29) is 18.8 Å². The first kappa shape index (κ1) is 30.8. The summed E-state index contributed by atoms with van der Waals surface area (Å²) in [5.74, 6) is 0.843. The summed E-state index contributed by atoms with van der Waals surface area (Å²) in [6.45, 7) is 16.7. The molecule has 0 spiro atoms. The highest BCUT2D eigenvalue weighted by Crippen LogP contribution is 2.52. The summed E-state index contributed by atoms with van der Waals surface area (Å²) >= 11 is 0. The van der Waals surface area contributed by atoms with E-state index in [4.69, 9.17) is 14.2 Å². The Labute approximate surface area is 242 Å². The molecule has 0 bridgehead atoms. The molecular formula is C28H41N6O6Si. The van der Waals surface area contributed by atoms with Crippen molar-refractivity contribution in [2.24, 2.45) is 5.41 Å². The molecule has 1 aliphatic rings. The summed E-state index contributed by atoms with van der Waals surface area (Å²) in [4.78, 5) is 24.8. The van der Waals surface area contributed by atoms with Crippen LogP contribution in [0.25, 0.3) is 11.2 Å². The monoisotopic (exact) mass is 585 g/mol. The lowest BCUT2D eigenvalue weighted by Gasteiger charge is -2.41. The number of nitrogens with one attached hydrogen (secondary N) is 1. The highest BCUT2D eigenvalue weighted by atomic mass is 28.3. The van der Waals surface area contributed by atoms with Crippen LogP contribution in [0.15, 0.2) is 30.9 Å². The predicted molar refractivity (Wildman–Crippen MR) is 157 cm³/mol. The molecule has 0 unspecified atom stereocenters. The summed E-state index contributed by atoms with van der Waals surface area (Å²) in [7, 11) is 0.195. The first-order valence-corrected chi connectivity index (χ1v) is 16.1. The molecule has 2 N–H and O–H groups in total. The minimum Gasteiger partial charge on any atom is -0.497 e. The van der Waals surface area contributed by atoms with Crippen LogP contribution in [0.4, 0.5) is 11.5 Å². The molecule has 41 heavy (non-hydrogen) atoms. The highest BCUT2D eigenvalue weighted by Gasteiger charge is 2.62.